The Labute approximate surface area is 146 Å². The van der Waals surface area contributed by atoms with Crippen LogP contribution in [0.5, 0.6) is 5.75 Å². The van der Waals surface area contributed by atoms with Crippen molar-refractivity contribution >= 4 is 11.6 Å². The van der Waals surface area contributed by atoms with E-state index in [2.05, 4.69) is 0 Å². The molecule has 1 unspecified atom stereocenters. The summed E-state index contributed by atoms with van der Waals surface area (Å²) >= 11 is 0. The highest BCUT2D eigenvalue weighted by Crippen LogP contribution is 2.27. The van der Waals surface area contributed by atoms with Gasteiger partial charge in [0.05, 0.1) is 5.92 Å². The zero-order valence-electron chi connectivity index (χ0n) is 13.6. The third-order valence-electron chi connectivity index (χ3n) is 4.16. The normalized spacial score (nSPS) is 11.7. The molecule has 0 amide bonds. The first-order valence-electron chi connectivity index (χ1n) is 8.11. The zero-order valence-corrected chi connectivity index (χ0v) is 13.6. The molecule has 124 valence electrons. The molecule has 25 heavy (non-hydrogen) atoms. The molecular formula is C22H18O3. The van der Waals surface area contributed by atoms with E-state index in [1.54, 1.807) is 48.5 Å². The topological polar surface area (TPSA) is 54.4 Å². The van der Waals surface area contributed by atoms with Crippen LogP contribution in [0.15, 0.2) is 84.9 Å². The second-order valence-electron chi connectivity index (χ2n) is 5.87. The van der Waals surface area contributed by atoms with Gasteiger partial charge in [0.15, 0.2) is 11.6 Å². The minimum atomic E-state index is -0.587. The molecule has 0 aliphatic carbocycles. The minimum Gasteiger partial charge on any atom is -0.508 e. The van der Waals surface area contributed by atoms with Crippen molar-refractivity contribution in [3.8, 4) is 5.75 Å². The van der Waals surface area contributed by atoms with E-state index in [0.29, 0.717) is 11.1 Å². The molecule has 0 aromatic heterocycles. The van der Waals surface area contributed by atoms with Crippen LogP contribution in [0.4, 0.5) is 0 Å². The van der Waals surface area contributed by atoms with Crippen LogP contribution < -0.4 is 0 Å². The van der Waals surface area contributed by atoms with Gasteiger partial charge in [0.25, 0.3) is 0 Å². The molecule has 3 rings (SSSR count). The summed E-state index contributed by atoms with van der Waals surface area (Å²) in [4.78, 5) is 25.6. The summed E-state index contributed by atoms with van der Waals surface area (Å²) in [5.74, 6) is -0.640. The van der Waals surface area contributed by atoms with Gasteiger partial charge in [0.1, 0.15) is 5.75 Å². The lowest BCUT2D eigenvalue weighted by atomic mass is 9.85. The molecule has 0 bridgehead atoms. The molecule has 0 heterocycles. The van der Waals surface area contributed by atoms with Gasteiger partial charge in [-0.05, 0) is 17.7 Å². The summed E-state index contributed by atoms with van der Waals surface area (Å²) in [5.41, 5.74) is 1.88. The van der Waals surface area contributed by atoms with E-state index >= 15 is 0 Å². The quantitative estimate of drug-likeness (QED) is 0.670. The van der Waals surface area contributed by atoms with Gasteiger partial charge in [0.2, 0.25) is 0 Å². The summed E-state index contributed by atoms with van der Waals surface area (Å²) in [6.45, 7) is 0. The van der Waals surface area contributed by atoms with Crippen molar-refractivity contribution in [2.45, 2.75) is 12.3 Å². The average molecular weight is 330 g/mol. The van der Waals surface area contributed by atoms with Gasteiger partial charge in [-0.2, -0.15) is 0 Å². The van der Waals surface area contributed by atoms with Crippen LogP contribution in [0, 0.1) is 0 Å². The average Bonchev–Trinajstić information content (AvgIpc) is 2.67. The molecule has 1 atom stereocenters. The molecule has 0 saturated carbocycles. The predicted molar refractivity (Wildman–Crippen MR) is 97.0 cm³/mol. The van der Waals surface area contributed by atoms with E-state index in [0.717, 1.165) is 5.56 Å². The summed E-state index contributed by atoms with van der Waals surface area (Å²) in [6.07, 6.45) is 0.0858. The van der Waals surface area contributed by atoms with Gasteiger partial charge in [0, 0.05) is 17.5 Å². The highest BCUT2D eigenvalue weighted by Gasteiger charge is 2.25. The molecule has 3 nitrogen and oxygen atoms in total. The molecule has 3 aromatic carbocycles. The molecule has 3 aromatic rings. The molecule has 0 saturated heterocycles. The maximum Gasteiger partial charge on any atom is 0.170 e. The predicted octanol–water partition coefficient (Wildman–Crippen LogP) is 4.63. The number of carbonyl (C=O) groups excluding carboxylic acids is 2. The fourth-order valence-electron chi connectivity index (χ4n) is 2.80. The van der Waals surface area contributed by atoms with E-state index in [1.165, 1.54) is 12.1 Å². The van der Waals surface area contributed by atoms with Crippen LogP contribution in [0.2, 0.25) is 0 Å². The maximum absolute atomic E-state index is 13.0. The van der Waals surface area contributed by atoms with Crippen molar-refractivity contribution in [2.24, 2.45) is 0 Å². The van der Waals surface area contributed by atoms with Crippen LogP contribution in [-0.4, -0.2) is 16.7 Å². The van der Waals surface area contributed by atoms with E-state index in [4.69, 9.17) is 0 Å². The smallest absolute Gasteiger partial charge is 0.170 e. The number of rotatable bonds is 6. The number of phenolic OH excluding ortho intramolecular Hbond substituents is 1. The molecule has 0 radical (unpaired) electrons. The molecular weight excluding hydrogens is 312 g/mol. The molecule has 0 fully saturated rings. The van der Waals surface area contributed by atoms with Gasteiger partial charge in [-0.25, -0.2) is 0 Å². The monoisotopic (exact) mass is 330 g/mol. The number of Topliss-reactive ketones (excluding diaryl/α,β-unsaturated/α-hetero) is 2. The van der Waals surface area contributed by atoms with Crippen LogP contribution >= 0.6 is 0 Å². The first-order valence-corrected chi connectivity index (χ1v) is 8.11. The zero-order chi connectivity index (χ0) is 17.6. The van der Waals surface area contributed by atoms with Crippen molar-refractivity contribution in [3.63, 3.8) is 0 Å². The van der Waals surface area contributed by atoms with Gasteiger partial charge in [-0.3, -0.25) is 9.59 Å². The standard InChI is InChI=1S/C22H18O3/c23-19-13-11-16(12-14-19)20(22(25)18-9-5-2-6-10-18)15-21(24)17-7-3-1-4-8-17/h1-14,20,23H,15H2. The number of hydrogen-bond acceptors (Lipinski definition) is 3. The molecule has 0 aliphatic heterocycles. The Kier molecular flexibility index (Phi) is 5.05. The second kappa shape index (κ2) is 7.58. The molecule has 1 N–H and O–H groups in total. The Hall–Kier alpha value is -3.20. The van der Waals surface area contributed by atoms with Crippen LogP contribution in [0.25, 0.3) is 0 Å². The lowest BCUT2D eigenvalue weighted by Gasteiger charge is -2.16. The molecule has 3 heteroatoms. The number of hydrogen-bond donors (Lipinski definition) is 1. The molecule has 0 spiro atoms. The number of ketones is 2. The summed E-state index contributed by atoms with van der Waals surface area (Å²) in [5, 5.41) is 9.50. The number of carbonyl (C=O) groups is 2. The Morgan fingerprint density at radius 3 is 1.80 bits per heavy atom. The largest absolute Gasteiger partial charge is 0.508 e. The summed E-state index contributed by atoms with van der Waals surface area (Å²) in [6, 6.07) is 24.4. The fraction of sp³-hybridized carbons (Fsp3) is 0.0909. The maximum atomic E-state index is 13.0. The van der Waals surface area contributed by atoms with E-state index in [9.17, 15) is 14.7 Å². The Bertz CT molecular complexity index is 853. The molecule has 0 aliphatic rings. The van der Waals surface area contributed by atoms with Gasteiger partial charge in [-0.15, -0.1) is 0 Å². The van der Waals surface area contributed by atoms with Gasteiger partial charge >= 0.3 is 0 Å². The SMILES string of the molecule is O=C(CC(C(=O)c1ccccc1)c1ccc(O)cc1)c1ccccc1. The Morgan fingerprint density at radius 2 is 1.24 bits per heavy atom. The second-order valence-corrected chi connectivity index (χ2v) is 5.87. The van der Waals surface area contributed by atoms with Crippen LogP contribution in [0.1, 0.15) is 38.6 Å². The van der Waals surface area contributed by atoms with Crippen molar-refractivity contribution in [1.29, 1.82) is 0 Å². The minimum absolute atomic E-state index is 0.0806. The highest BCUT2D eigenvalue weighted by atomic mass is 16.3. The van der Waals surface area contributed by atoms with Gasteiger partial charge in [-0.1, -0.05) is 72.8 Å². The van der Waals surface area contributed by atoms with Gasteiger partial charge < -0.3 is 5.11 Å². The Balaban J connectivity index is 1.93. The third kappa shape index (κ3) is 4.01. The summed E-state index contributed by atoms with van der Waals surface area (Å²) in [7, 11) is 0. The van der Waals surface area contributed by atoms with Crippen molar-refractivity contribution in [2.75, 3.05) is 0 Å². The number of aromatic hydroxyl groups is 1. The van der Waals surface area contributed by atoms with Crippen molar-refractivity contribution < 1.29 is 14.7 Å². The first-order chi connectivity index (χ1) is 12.1. The van der Waals surface area contributed by atoms with Crippen LogP contribution in [0.3, 0.4) is 0 Å². The van der Waals surface area contributed by atoms with E-state index in [1.807, 2.05) is 24.3 Å². The summed E-state index contributed by atoms with van der Waals surface area (Å²) < 4.78 is 0. The lowest BCUT2D eigenvalue weighted by molar-refractivity contribution is 0.0893. The highest BCUT2D eigenvalue weighted by molar-refractivity contribution is 6.06. The number of phenols is 1. The van der Waals surface area contributed by atoms with E-state index < -0.39 is 5.92 Å². The fourth-order valence-corrected chi connectivity index (χ4v) is 2.80. The number of benzene rings is 3. The third-order valence-corrected chi connectivity index (χ3v) is 4.16. The van der Waals surface area contributed by atoms with E-state index in [-0.39, 0.29) is 23.7 Å². The van der Waals surface area contributed by atoms with Crippen LogP contribution in [-0.2, 0) is 0 Å². The van der Waals surface area contributed by atoms with Crippen molar-refractivity contribution in [3.05, 3.63) is 102 Å². The lowest BCUT2D eigenvalue weighted by Crippen LogP contribution is -2.17. The Morgan fingerprint density at radius 1 is 0.720 bits per heavy atom. The van der Waals surface area contributed by atoms with Crippen molar-refractivity contribution in [1.82, 2.24) is 0 Å². The first kappa shape index (κ1) is 16.7.